The second kappa shape index (κ2) is 6.35. The van der Waals surface area contributed by atoms with Gasteiger partial charge in [0.15, 0.2) is 0 Å². The Morgan fingerprint density at radius 3 is 2.53 bits per heavy atom. The highest BCUT2D eigenvalue weighted by Gasteiger charge is 2.09. The monoisotopic (exact) mass is 250 g/mol. The molecule has 0 aromatic heterocycles. The summed E-state index contributed by atoms with van der Waals surface area (Å²) in [6, 6.07) is 7.94. The quantitative estimate of drug-likeness (QED) is 0.782. The number of aryl methyl sites for hydroxylation is 2. The van der Waals surface area contributed by atoms with Gasteiger partial charge in [0, 0.05) is 6.42 Å². The van der Waals surface area contributed by atoms with Crippen molar-refractivity contribution in [2.75, 3.05) is 0 Å². The fraction of sp³-hybridized carbons (Fsp3) is 0.385. The average molecular weight is 250 g/mol. The molecule has 0 saturated carbocycles. The minimum atomic E-state index is -0.240. The van der Waals surface area contributed by atoms with Crippen molar-refractivity contribution in [3.05, 3.63) is 35.4 Å². The molecule has 4 heteroatoms. The molecule has 0 saturated heterocycles. The highest BCUT2D eigenvalue weighted by atomic mass is 32.1. The largest absolute Gasteiger partial charge is 0.392 e. The molecule has 0 bridgehead atoms. The zero-order valence-corrected chi connectivity index (χ0v) is 11.0. The van der Waals surface area contributed by atoms with Gasteiger partial charge < -0.3 is 11.1 Å². The lowest BCUT2D eigenvalue weighted by Gasteiger charge is -2.11. The Hall–Kier alpha value is -1.42. The first-order valence-electron chi connectivity index (χ1n) is 5.63. The van der Waals surface area contributed by atoms with Crippen molar-refractivity contribution in [2.45, 2.75) is 32.7 Å². The lowest BCUT2D eigenvalue weighted by atomic mass is 10.1. The van der Waals surface area contributed by atoms with Crippen LogP contribution in [0.5, 0.6) is 0 Å². The average Bonchev–Trinajstić information content (AvgIpc) is 2.28. The van der Waals surface area contributed by atoms with Crippen molar-refractivity contribution in [3.63, 3.8) is 0 Å². The van der Waals surface area contributed by atoms with Crippen molar-refractivity contribution in [1.29, 1.82) is 0 Å². The topological polar surface area (TPSA) is 55.1 Å². The predicted molar refractivity (Wildman–Crippen MR) is 73.9 cm³/mol. The molecule has 3 N–H and O–H groups in total. The third-order valence-corrected chi connectivity index (χ3v) is 2.92. The zero-order chi connectivity index (χ0) is 12.8. The smallest absolute Gasteiger partial charge is 0.220 e. The van der Waals surface area contributed by atoms with Crippen LogP contribution in [0, 0.1) is 6.92 Å². The van der Waals surface area contributed by atoms with E-state index in [1.807, 2.05) is 31.2 Å². The van der Waals surface area contributed by atoms with E-state index in [9.17, 15) is 4.79 Å². The number of nitrogens with two attached hydrogens (primary N) is 1. The molecule has 17 heavy (non-hydrogen) atoms. The standard InChI is InChI=1S/C13H18N2OS/c1-9-3-5-11(6-4-9)7-8-12(16)15-10(2)13(14)17/h3-6,10H,7-8H2,1-2H3,(H2,14,17)(H,15,16). The first kappa shape index (κ1) is 13.6. The van der Waals surface area contributed by atoms with Crippen molar-refractivity contribution < 1.29 is 4.79 Å². The summed E-state index contributed by atoms with van der Waals surface area (Å²) in [4.78, 5) is 11.9. The van der Waals surface area contributed by atoms with E-state index in [2.05, 4.69) is 5.32 Å². The van der Waals surface area contributed by atoms with Crippen molar-refractivity contribution in [2.24, 2.45) is 5.73 Å². The van der Waals surface area contributed by atoms with Gasteiger partial charge in [0.1, 0.15) is 0 Å². The van der Waals surface area contributed by atoms with Gasteiger partial charge in [-0.05, 0) is 25.8 Å². The summed E-state index contributed by atoms with van der Waals surface area (Å²) in [5, 5.41) is 2.76. The van der Waals surface area contributed by atoms with Crippen LogP contribution in [0.1, 0.15) is 24.5 Å². The number of benzene rings is 1. The lowest BCUT2D eigenvalue weighted by Crippen LogP contribution is -2.41. The Bertz CT molecular complexity index is 400. The van der Waals surface area contributed by atoms with Gasteiger partial charge in [0.05, 0.1) is 11.0 Å². The fourth-order valence-electron chi connectivity index (χ4n) is 1.40. The van der Waals surface area contributed by atoms with E-state index < -0.39 is 0 Å². The van der Waals surface area contributed by atoms with Crippen LogP contribution >= 0.6 is 12.2 Å². The molecule has 0 aliphatic carbocycles. The number of amides is 1. The molecule has 0 aliphatic heterocycles. The van der Waals surface area contributed by atoms with E-state index in [0.717, 1.165) is 12.0 Å². The molecule has 1 atom stereocenters. The van der Waals surface area contributed by atoms with Crippen molar-refractivity contribution in [3.8, 4) is 0 Å². The maximum absolute atomic E-state index is 11.6. The summed E-state index contributed by atoms with van der Waals surface area (Å²) in [5.41, 5.74) is 7.81. The molecular weight excluding hydrogens is 232 g/mol. The first-order valence-corrected chi connectivity index (χ1v) is 6.04. The van der Waals surface area contributed by atoms with Crippen LogP contribution in [0.25, 0.3) is 0 Å². The maximum atomic E-state index is 11.6. The number of nitrogens with one attached hydrogen (secondary N) is 1. The fourth-order valence-corrected chi connectivity index (χ4v) is 1.46. The van der Waals surface area contributed by atoms with Crippen molar-refractivity contribution >= 4 is 23.1 Å². The molecule has 0 radical (unpaired) electrons. The molecule has 0 fully saturated rings. The molecule has 0 heterocycles. The number of carbonyl (C=O) groups is 1. The Morgan fingerprint density at radius 1 is 1.41 bits per heavy atom. The van der Waals surface area contributed by atoms with Crippen LogP contribution in [0.3, 0.4) is 0 Å². The molecule has 1 unspecified atom stereocenters. The number of hydrogen-bond donors (Lipinski definition) is 2. The molecule has 0 aliphatic rings. The Labute approximate surface area is 107 Å². The van der Waals surface area contributed by atoms with Crippen LogP contribution < -0.4 is 11.1 Å². The van der Waals surface area contributed by atoms with E-state index in [4.69, 9.17) is 18.0 Å². The molecule has 1 aromatic rings. The number of rotatable bonds is 5. The molecule has 1 rings (SSSR count). The second-order valence-electron chi connectivity index (χ2n) is 4.18. The number of hydrogen-bond acceptors (Lipinski definition) is 2. The van der Waals surface area contributed by atoms with Crippen LogP contribution in [0.4, 0.5) is 0 Å². The first-order chi connectivity index (χ1) is 7.99. The highest BCUT2D eigenvalue weighted by molar-refractivity contribution is 7.80. The van der Waals surface area contributed by atoms with Gasteiger partial charge in [0.2, 0.25) is 5.91 Å². The third kappa shape index (κ3) is 4.95. The SMILES string of the molecule is Cc1ccc(CCC(=O)NC(C)C(N)=S)cc1. The summed E-state index contributed by atoms with van der Waals surface area (Å²) in [6.45, 7) is 3.83. The third-order valence-electron chi connectivity index (χ3n) is 2.57. The normalized spacial score (nSPS) is 11.9. The van der Waals surface area contributed by atoms with Gasteiger partial charge in [-0.3, -0.25) is 4.79 Å². The molecule has 1 amide bonds. The molecule has 3 nitrogen and oxygen atoms in total. The van der Waals surface area contributed by atoms with E-state index in [1.54, 1.807) is 6.92 Å². The van der Waals surface area contributed by atoms with Gasteiger partial charge >= 0.3 is 0 Å². The predicted octanol–water partition coefficient (Wildman–Crippen LogP) is 1.72. The lowest BCUT2D eigenvalue weighted by molar-refractivity contribution is -0.121. The van der Waals surface area contributed by atoms with Crippen LogP contribution in [0.15, 0.2) is 24.3 Å². The summed E-state index contributed by atoms with van der Waals surface area (Å²) in [5.74, 6) is -0.0223. The Kier molecular flexibility index (Phi) is 5.10. The number of thiocarbonyl (C=S) groups is 1. The molecule has 0 spiro atoms. The van der Waals surface area contributed by atoms with Gasteiger partial charge in [-0.25, -0.2) is 0 Å². The van der Waals surface area contributed by atoms with E-state index in [0.29, 0.717) is 11.4 Å². The van der Waals surface area contributed by atoms with Gasteiger partial charge in [-0.15, -0.1) is 0 Å². The van der Waals surface area contributed by atoms with E-state index >= 15 is 0 Å². The van der Waals surface area contributed by atoms with Crippen LogP contribution in [-0.4, -0.2) is 16.9 Å². The zero-order valence-electron chi connectivity index (χ0n) is 10.2. The van der Waals surface area contributed by atoms with Gasteiger partial charge in [-0.1, -0.05) is 42.0 Å². The van der Waals surface area contributed by atoms with E-state index in [1.165, 1.54) is 5.56 Å². The molecule has 1 aromatic carbocycles. The molecular formula is C13H18N2OS. The minimum Gasteiger partial charge on any atom is -0.392 e. The summed E-state index contributed by atoms with van der Waals surface area (Å²) >= 11 is 4.79. The second-order valence-corrected chi connectivity index (χ2v) is 4.65. The van der Waals surface area contributed by atoms with Crippen LogP contribution in [0.2, 0.25) is 0 Å². The summed E-state index contributed by atoms with van der Waals surface area (Å²) < 4.78 is 0. The highest BCUT2D eigenvalue weighted by Crippen LogP contribution is 2.05. The van der Waals surface area contributed by atoms with Crippen LogP contribution in [-0.2, 0) is 11.2 Å². The summed E-state index contributed by atoms with van der Waals surface area (Å²) in [6.07, 6.45) is 1.19. The van der Waals surface area contributed by atoms with Gasteiger partial charge in [0.25, 0.3) is 0 Å². The van der Waals surface area contributed by atoms with E-state index in [-0.39, 0.29) is 11.9 Å². The Morgan fingerprint density at radius 2 is 2.00 bits per heavy atom. The maximum Gasteiger partial charge on any atom is 0.220 e. The molecule has 92 valence electrons. The van der Waals surface area contributed by atoms with Gasteiger partial charge in [-0.2, -0.15) is 0 Å². The summed E-state index contributed by atoms with van der Waals surface area (Å²) in [7, 11) is 0. The van der Waals surface area contributed by atoms with Crippen molar-refractivity contribution in [1.82, 2.24) is 5.32 Å². The Balaban J connectivity index is 2.38. The number of carbonyl (C=O) groups excluding carboxylic acids is 1. The minimum absolute atomic E-state index is 0.0223.